The van der Waals surface area contributed by atoms with Crippen molar-refractivity contribution in [3.05, 3.63) is 45.4 Å². The molecule has 2 heterocycles. The second kappa shape index (κ2) is 5.28. The first-order chi connectivity index (χ1) is 11.3. The van der Waals surface area contributed by atoms with E-state index in [1.807, 2.05) is 0 Å². The van der Waals surface area contributed by atoms with E-state index < -0.39 is 13.1 Å². The van der Waals surface area contributed by atoms with Gasteiger partial charge >= 0.3 is 0 Å². The summed E-state index contributed by atoms with van der Waals surface area (Å²) in [7, 11) is 0. The SMILES string of the molecule is [2H]C([2H])([2H])n1cnc(C(C)Oc2ccc(Br)c3nc[nH]c(=O)c23)n1. The van der Waals surface area contributed by atoms with Crippen molar-refractivity contribution in [1.29, 1.82) is 0 Å². The molecule has 0 spiro atoms. The van der Waals surface area contributed by atoms with Crippen LogP contribution in [0.3, 0.4) is 0 Å². The zero-order valence-electron chi connectivity index (χ0n) is 13.9. The lowest BCUT2D eigenvalue weighted by atomic mass is 10.2. The summed E-state index contributed by atoms with van der Waals surface area (Å²) in [5.74, 6) is 0.503. The normalized spacial score (nSPS) is 15.2. The second-order valence-corrected chi connectivity index (χ2v) is 5.16. The molecule has 3 rings (SSSR count). The number of aromatic amines is 1. The van der Waals surface area contributed by atoms with E-state index >= 15 is 0 Å². The summed E-state index contributed by atoms with van der Waals surface area (Å²) < 4.78 is 29.1. The van der Waals surface area contributed by atoms with E-state index in [0.717, 1.165) is 11.0 Å². The Morgan fingerprint density at radius 3 is 3.10 bits per heavy atom. The maximum absolute atomic E-state index is 12.1. The molecular formula is C13H12BrN5O2. The molecule has 7 nitrogen and oxygen atoms in total. The number of nitrogens with one attached hydrogen (secondary N) is 1. The summed E-state index contributed by atoms with van der Waals surface area (Å²) >= 11 is 3.34. The molecule has 8 heteroatoms. The van der Waals surface area contributed by atoms with E-state index in [4.69, 9.17) is 8.85 Å². The Hall–Kier alpha value is -2.22. The highest BCUT2D eigenvalue weighted by atomic mass is 79.9. The van der Waals surface area contributed by atoms with Crippen LogP contribution in [0.4, 0.5) is 0 Å². The number of aryl methyl sites for hydroxylation is 1. The number of rotatable bonds is 3. The quantitative estimate of drug-likeness (QED) is 0.778. The van der Waals surface area contributed by atoms with Crippen molar-refractivity contribution in [3.8, 4) is 5.75 Å². The number of hydrogen-bond donors (Lipinski definition) is 1. The molecule has 108 valence electrons. The summed E-state index contributed by atoms with van der Waals surface area (Å²) in [6, 6.07) is 3.34. The van der Waals surface area contributed by atoms with E-state index in [2.05, 4.69) is 36.0 Å². The van der Waals surface area contributed by atoms with Gasteiger partial charge in [-0.2, -0.15) is 5.10 Å². The topological polar surface area (TPSA) is 85.7 Å². The number of aromatic nitrogens is 5. The van der Waals surface area contributed by atoms with Crippen LogP contribution in [0.1, 0.15) is 23.0 Å². The van der Waals surface area contributed by atoms with Crippen LogP contribution in [-0.4, -0.2) is 24.7 Å². The van der Waals surface area contributed by atoms with Crippen molar-refractivity contribution in [2.45, 2.75) is 13.0 Å². The summed E-state index contributed by atoms with van der Waals surface area (Å²) in [4.78, 5) is 22.7. The standard InChI is InChI=1S/C13H12BrN5O2/c1-7(12-17-6-19(2)18-12)21-9-4-3-8(14)11-10(9)13(20)16-5-15-11/h3-7H,1-2H3,(H,15,16,20)/i2D3. The Morgan fingerprint density at radius 1 is 1.48 bits per heavy atom. The lowest BCUT2D eigenvalue weighted by Gasteiger charge is -2.13. The molecule has 0 bridgehead atoms. The van der Waals surface area contributed by atoms with Gasteiger partial charge in [0.05, 0.1) is 11.8 Å². The van der Waals surface area contributed by atoms with Crippen molar-refractivity contribution in [2.75, 3.05) is 0 Å². The van der Waals surface area contributed by atoms with E-state index in [1.54, 1.807) is 19.1 Å². The zero-order valence-corrected chi connectivity index (χ0v) is 12.5. The predicted molar refractivity (Wildman–Crippen MR) is 80.1 cm³/mol. The molecule has 0 fully saturated rings. The van der Waals surface area contributed by atoms with Crippen LogP contribution in [-0.2, 0) is 6.98 Å². The number of hydrogen-bond acceptors (Lipinski definition) is 5. The van der Waals surface area contributed by atoms with E-state index in [9.17, 15) is 4.79 Å². The number of H-pyrrole nitrogens is 1. The molecule has 0 radical (unpaired) electrons. The maximum Gasteiger partial charge on any atom is 0.262 e. The number of halogens is 1. The first kappa shape index (κ1) is 10.5. The average molecular weight is 353 g/mol. The molecule has 0 aliphatic rings. The van der Waals surface area contributed by atoms with Gasteiger partial charge in [0.1, 0.15) is 17.5 Å². The van der Waals surface area contributed by atoms with Gasteiger partial charge in [-0.05, 0) is 35.0 Å². The Kier molecular flexibility index (Phi) is 2.64. The molecule has 2 aromatic heterocycles. The first-order valence-electron chi connectivity index (χ1n) is 7.52. The Morgan fingerprint density at radius 2 is 2.33 bits per heavy atom. The van der Waals surface area contributed by atoms with Gasteiger partial charge in [-0.3, -0.25) is 9.48 Å². The third-order valence-electron chi connectivity index (χ3n) is 2.88. The van der Waals surface area contributed by atoms with Gasteiger partial charge in [-0.25, -0.2) is 9.97 Å². The van der Waals surface area contributed by atoms with Crippen molar-refractivity contribution in [1.82, 2.24) is 24.7 Å². The largest absolute Gasteiger partial charge is 0.482 e. The van der Waals surface area contributed by atoms with Gasteiger partial charge in [-0.15, -0.1) is 0 Å². The van der Waals surface area contributed by atoms with Crippen molar-refractivity contribution < 1.29 is 8.85 Å². The van der Waals surface area contributed by atoms with Gasteiger partial charge < -0.3 is 9.72 Å². The highest BCUT2D eigenvalue weighted by Crippen LogP contribution is 2.30. The summed E-state index contributed by atoms with van der Waals surface area (Å²) in [6.07, 6.45) is 1.77. The smallest absolute Gasteiger partial charge is 0.262 e. The third-order valence-corrected chi connectivity index (χ3v) is 3.52. The number of nitrogens with zero attached hydrogens (tertiary/aromatic N) is 4. The minimum Gasteiger partial charge on any atom is -0.482 e. The van der Waals surface area contributed by atoms with Gasteiger partial charge in [0.25, 0.3) is 5.56 Å². The molecule has 1 aromatic carbocycles. The van der Waals surface area contributed by atoms with E-state index in [1.165, 1.54) is 6.33 Å². The van der Waals surface area contributed by atoms with Crippen LogP contribution in [0.5, 0.6) is 5.75 Å². The van der Waals surface area contributed by atoms with Crippen LogP contribution < -0.4 is 10.3 Å². The number of fused-ring (bicyclic) bond motifs is 1. The fourth-order valence-electron chi connectivity index (χ4n) is 1.92. The van der Waals surface area contributed by atoms with E-state index in [0.29, 0.717) is 15.7 Å². The molecule has 0 saturated heterocycles. The van der Waals surface area contributed by atoms with E-state index in [-0.39, 0.29) is 16.8 Å². The molecule has 21 heavy (non-hydrogen) atoms. The molecule has 3 aromatic rings. The Labute approximate surface area is 132 Å². The van der Waals surface area contributed by atoms with Crippen LogP contribution in [0.25, 0.3) is 10.9 Å². The zero-order chi connectivity index (χ0) is 17.5. The maximum atomic E-state index is 12.1. The summed E-state index contributed by atoms with van der Waals surface area (Å²) in [5.41, 5.74) is 0.119. The fraction of sp³-hybridized carbons (Fsp3) is 0.231. The summed E-state index contributed by atoms with van der Waals surface area (Å²) in [5, 5.41) is 4.19. The Balaban J connectivity index is 1.97. The molecule has 0 amide bonds. The first-order valence-corrected chi connectivity index (χ1v) is 6.81. The van der Waals surface area contributed by atoms with Gasteiger partial charge in [-0.1, -0.05) is 0 Å². The predicted octanol–water partition coefficient (Wildman–Crippen LogP) is 1.95. The highest BCUT2D eigenvalue weighted by molar-refractivity contribution is 9.10. The lowest BCUT2D eigenvalue weighted by molar-refractivity contribution is 0.219. The number of benzene rings is 1. The van der Waals surface area contributed by atoms with Crippen molar-refractivity contribution in [2.24, 2.45) is 6.98 Å². The summed E-state index contributed by atoms with van der Waals surface area (Å²) in [6.45, 7) is -0.742. The molecule has 1 atom stereocenters. The second-order valence-electron chi connectivity index (χ2n) is 4.31. The van der Waals surface area contributed by atoms with Gasteiger partial charge in [0.2, 0.25) is 0 Å². The van der Waals surface area contributed by atoms with Gasteiger partial charge in [0, 0.05) is 15.6 Å². The number of ether oxygens (including phenoxy) is 1. The minimum absolute atomic E-state index is 0.197. The molecule has 1 N–H and O–H groups in total. The molecule has 0 aliphatic heterocycles. The lowest BCUT2D eigenvalue weighted by Crippen LogP contribution is -2.11. The molecule has 0 saturated carbocycles. The molecule has 0 aliphatic carbocycles. The monoisotopic (exact) mass is 352 g/mol. The molecular weight excluding hydrogens is 338 g/mol. The van der Waals surface area contributed by atoms with Crippen molar-refractivity contribution >= 4 is 26.8 Å². The van der Waals surface area contributed by atoms with Gasteiger partial charge in [0.15, 0.2) is 11.9 Å². The Bertz CT molecular complexity index is 953. The minimum atomic E-state index is -2.41. The average Bonchev–Trinajstić information content (AvgIpc) is 3.00. The van der Waals surface area contributed by atoms with Crippen LogP contribution >= 0.6 is 15.9 Å². The van der Waals surface area contributed by atoms with Crippen molar-refractivity contribution in [3.63, 3.8) is 0 Å². The van der Waals surface area contributed by atoms with Crippen LogP contribution in [0.2, 0.25) is 0 Å². The molecule has 1 unspecified atom stereocenters. The third kappa shape index (κ3) is 2.54. The fourth-order valence-corrected chi connectivity index (χ4v) is 2.36. The highest BCUT2D eigenvalue weighted by Gasteiger charge is 2.16. The van der Waals surface area contributed by atoms with Crippen LogP contribution in [0.15, 0.2) is 34.1 Å². The van der Waals surface area contributed by atoms with Crippen LogP contribution in [0, 0.1) is 0 Å².